The van der Waals surface area contributed by atoms with Gasteiger partial charge in [0.15, 0.2) is 0 Å². The molecule has 1 fully saturated rings. The lowest BCUT2D eigenvalue weighted by atomic mass is 9.81. The Balaban J connectivity index is 2.60. The first kappa shape index (κ1) is 16.9. The van der Waals surface area contributed by atoms with Gasteiger partial charge in [-0.3, -0.25) is 0 Å². The van der Waals surface area contributed by atoms with Gasteiger partial charge in [0.05, 0.1) is 6.61 Å². The van der Waals surface area contributed by atoms with Crippen molar-refractivity contribution in [2.24, 2.45) is 5.41 Å². The summed E-state index contributed by atoms with van der Waals surface area (Å²) in [5.74, 6) is 0. The second-order valence-electron chi connectivity index (χ2n) is 6.40. The molecule has 1 atom stereocenters. The highest BCUT2D eigenvalue weighted by molar-refractivity contribution is 4.88. The molecule has 0 aromatic carbocycles. The van der Waals surface area contributed by atoms with Crippen LogP contribution in [0.2, 0.25) is 0 Å². The van der Waals surface area contributed by atoms with Crippen LogP contribution in [-0.2, 0) is 4.74 Å². The quantitative estimate of drug-likeness (QED) is 0.652. The molecule has 0 amide bonds. The molecule has 0 bridgehead atoms. The smallest absolute Gasteiger partial charge is 0.0546 e. The highest BCUT2D eigenvalue weighted by atomic mass is 16.5. The van der Waals surface area contributed by atoms with Gasteiger partial charge < -0.3 is 15.0 Å². The van der Waals surface area contributed by atoms with Crippen molar-refractivity contribution < 1.29 is 4.74 Å². The van der Waals surface area contributed by atoms with Crippen LogP contribution in [0.1, 0.15) is 53.4 Å². The molecular weight excluding hydrogens is 236 g/mol. The summed E-state index contributed by atoms with van der Waals surface area (Å²) in [6, 6.07) is 0.630. The fourth-order valence-corrected chi connectivity index (χ4v) is 3.00. The lowest BCUT2D eigenvalue weighted by molar-refractivity contribution is -0.0307. The number of nitrogens with one attached hydrogen (secondary N) is 1. The van der Waals surface area contributed by atoms with E-state index in [1.807, 2.05) is 0 Å². The molecule has 1 rings (SSSR count). The van der Waals surface area contributed by atoms with E-state index in [1.165, 1.54) is 38.8 Å². The molecule has 114 valence electrons. The highest BCUT2D eigenvalue weighted by Crippen LogP contribution is 2.30. The number of hydrogen-bond acceptors (Lipinski definition) is 3. The number of ether oxygens (including phenoxy) is 1. The number of rotatable bonds is 9. The summed E-state index contributed by atoms with van der Waals surface area (Å²) < 4.78 is 5.81. The minimum absolute atomic E-state index is 0.326. The third-order valence-electron chi connectivity index (χ3n) is 4.11. The largest absolute Gasteiger partial charge is 0.381 e. The first-order chi connectivity index (χ1) is 9.13. The van der Waals surface area contributed by atoms with E-state index in [1.54, 1.807) is 0 Å². The molecule has 1 unspecified atom stereocenters. The molecule has 1 heterocycles. The predicted octanol–water partition coefficient (Wildman–Crippen LogP) is 2.90. The van der Waals surface area contributed by atoms with Crippen molar-refractivity contribution in [2.75, 3.05) is 39.4 Å². The van der Waals surface area contributed by atoms with Gasteiger partial charge in [-0.1, -0.05) is 13.8 Å². The first-order valence-corrected chi connectivity index (χ1v) is 8.16. The van der Waals surface area contributed by atoms with E-state index in [2.05, 4.69) is 37.9 Å². The standard InChI is InChI=1S/C16H34N2O/c1-5-9-17-12-16(8-7-11-19-14-16)13-18(10-6-2)15(3)4/h15,17H,5-14H2,1-4H3. The normalized spacial score (nSPS) is 24.3. The van der Waals surface area contributed by atoms with Gasteiger partial charge in [0.2, 0.25) is 0 Å². The Hall–Kier alpha value is -0.120. The van der Waals surface area contributed by atoms with Crippen molar-refractivity contribution in [1.82, 2.24) is 10.2 Å². The van der Waals surface area contributed by atoms with Gasteiger partial charge in [-0.15, -0.1) is 0 Å². The van der Waals surface area contributed by atoms with Crippen molar-refractivity contribution in [3.8, 4) is 0 Å². The van der Waals surface area contributed by atoms with Crippen molar-refractivity contribution in [1.29, 1.82) is 0 Å². The van der Waals surface area contributed by atoms with E-state index in [0.717, 1.165) is 26.3 Å². The SMILES string of the molecule is CCCNCC1(CN(CCC)C(C)C)CCCOC1. The molecule has 0 aromatic rings. The monoisotopic (exact) mass is 270 g/mol. The zero-order chi connectivity index (χ0) is 14.1. The van der Waals surface area contributed by atoms with Crippen LogP contribution in [0.5, 0.6) is 0 Å². The lowest BCUT2D eigenvalue weighted by Gasteiger charge is -2.42. The summed E-state index contributed by atoms with van der Waals surface area (Å²) in [4.78, 5) is 2.63. The van der Waals surface area contributed by atoms with Crippen LogP contribution in [0, 0.1) is 5.41 Å². The average Bonchev–Trinajstić information content (AvgIpc) is 2.39. The molecule has 19 heavy (non-hydrogen) atoms. The molecular formula is C16H34N2O. The second-order valence-corrected chi connectivity index (χ2v) is 6.40. The van der Waals surface area contributed by atoms with Crippen LogP contribution in [0.15, 0.2) is 0 Å². The fraction of sp³-hybridized carbons (Fsp3) is 1.00. The second kappa shape index (κ2) is 8.93. The minimum Gasteiger partial charge on any atom is -0.381 e. The Labute approximate surface area is 120 Å². The molecule has 1 N–H and O–H groups in total. The third-order valence-corrected chi connectivity index (χ3v) is 4.11. The van der Waals surface area contributed by atoms with Gasteiger partial charge in [0.1, 0.15) is 0 Å². The Kier molecular flexibility index (Phi) is 7.96. The first-order valence-electron chi connectivity index (χ1n) is 8.16. The van der Waals surface area contributed by atoms with Gasteiger partial charge in [-0.05, 0) is 52.6 Å². The maximum Gasteiger partial charge on any atom is 0.0546 e. The van der Waals surface area contributed by atoms with Gasteiger partial charge in [0.25, 0.3) is 0 Å². The highest BCUT2D eigenvalue weighted by Gasteiger charge is 2.34. The molecule has 0 aromatic heterocycles. The van der Waals surface area contributed by atoms with Gasteiger partial charge in [0, 0.05) is 31.2 Å². The average molecular weight is 270 g/mol. The van der Waals surface area contributed by atoms with Gasteiger partial charge in [-0.25, -0.2) is 0 Å². The van der Waals surface area contributed by atoms with Crippen molar-refractivity contribution in [3.63, 3.8) is 0 Å². The Morgan fingerprint density at radius 3 is 2.58 bits per heavy atom. The molecule has 0 saturated carbocycles. The van der Waals surface area contributed by atoms with Crippen LogP contribution in [0.4, 0.5) is 0 Å². The maximum atomic E-state index is 5.81. The summed E-state index contributed by atoms with van der Waals surface area (Å²) >= 11 is 0. The lowest BCUT2D eigenvalue weighted by Crippen LogP contribution is -2.50. The molecule has 0 aliphatic carbocycles. The van der Waals surface area contributed by atoms with Crippen molar-refractivity contribution >= 4 is 0 Å². The molecule has 1 saturated heterocycles. The van der Waals surface area contributed by atoms with Crippen molar-refractivity contribution in [2.45, 2.75) is 59.4 Å². The maximum absolute atomic E-state index is 5.81. The zero-order valence-electron chi connectivity index (χ0n) is 13.5. The summed E-state index contributed by atoms with van der Waals surface area (Å²) in [6.45, 7) is 15.6. The van der Waals surface area contributed by atoms with Gasteiger partial charge in [-0.2, -0.15) is 0 Å². The van der Waals surface area contributed by atoms with E-state index < -0.39 is 0 Å². The molecule has 0 radical (unpaired) electrons. The number of nitrogens with zero attached hydrogens (tertiary/aromatic N) is 1. The van der Waals surface area contributed by atoms with E-state index in [9.17, 15) is 0 Å². The van der Waals surface area contributed by atoms with Crippen LogP contribution >= 0.6 is 0 Å². The Morgan fingerprint density at radius 2 is 2.05 bits per heavy atom. The molecule has 1 aliphatic heterocycles. The summed E-state index contributed by atoms with van der Waals surface area (Å²) in [5.41, 5.74) is 0.326. The molecule has 0 spiro atoms. The Morgan fingerprint density at radius 1 is 1.26 bits per heavy atom. The third kappa shape index (κ3) is 5.80. The van der Waals surface area contributed by atoms with E-state index in [0.29, 0.717) is 11.5 Å². The topological polar surface area (TPSA) is 24.5 Å². The summed E-state index contributed by atoms with van der Waals surface area (Å²) in [7, 11) is 0. The van der Waals surface area contributed by atoms with Crippen LogP contribution in [0.3, 0.4) is 0 Å². The van der Waals surface area contributed by atoms with E-state index in [-0.39, 0.29) is 0 Å². The zero-order valence-corrected chi connectivity index (χ0v) is 13.5. The van der Waals surface area contributed by atoms with Crippen LogP contribution < -0.4 is 5.32 Å². The minimum atomic E-state index is 0.326. The van der Waals surface area contributed by atoms with Crippen LogP contribution in [-0.4, -0.2) is 50.3 Å². The van der Waals surface area contributed by atoms with Crippen molar-refractivity contribution in [3.05, 3.63) is 0 Å². The fourth-order valence-electron chi connectivity index (χ4n) is 3.00. The molecule has 3 heteroatoms. The molecule has 1 aliphatic rings. The Bertz CT molecular complexity index is 225. The van der Waals surface area contributed by atoms with E-state index >= 15 is 0 Å². The molecule has 3 nitrogen and oxygen atoms in total. The predicted molar refractivity (Wildman–Crippen MR) is 82.6 cm³/mol. The summed E-state index contributed by atoms with van der Waals surface area (Å²) in [6.07, 6.45) is 4.96. The van der Waals surface area contributed by atoms with Gasteiger partial charge >= 0.3 is 0 Å². The van der Waals surface area contributed by atoms with E-state index in [4.69, 9.17) is 4.74 Å². The summed E-state index contributed by atoms with van der Waals surface area (Å²) in [5, 5.41) is 3.63. The van der Waals surface area contributed by atoms with Crippen LogP contribution in [0.25, 0.3) is 0 Å². The number of hydrogen-bond donors (Lipinski definition) is 1.